The average Bonchev–Trinajstić information content (AvgIpc) is 3.29. The molecule has 0 aliphatic carbocycles. The van der Waals surface area contributed by atoms with E-state index in [1.165, 1.54) is 0 Å². The Morgan fingerprint density at radius 2 is 2.17 bits per heavy atom. The normalized spacial score (nSPS) is 31.4. The van der Waals surface area contributed by atoms with Crippen molar-refractivity contribution in [1.82, 2.24) is 5.32 Å². The van der Waals surface area contributed by atoms with Gasteiger partial charge in [0.2, 0.25) is 5.91 Å². The minimum absolute atomic E-state index is 0.0120. The Labute approximate surface area is 141 Å². The van der Waals surface area contributed by atoms with Gasteiger partial charge in [0.05, 0.1) is 30.7 Å². The number of ether oxygens (including phenoxy) is 2. The van der Waals surface area contributed by atoms with Crippen molar-refractivity contribution in [3.05, 3.63) is 29.8 Å². The molecule has 7 heteroatoms. The van der Waals surface area contributed by atoms with E-state index in [2.05, 4.69) is 5.32 Å². The Kier molecular flexibility index (Phi) is 4.24. The lowest BCUT2D eigenvalue weighted by Crippen LogP contribution is -2.50. The number of amides is 1. The number of carbonyl (C=O) groups excluding carboxylic acids is 1. The molecule has 1 aromatic carbocycles. The quantitative estimate of drug-likeness (QED) is 0.689. The van der Waals surface area contributed by atoms with Gasteiger partial charge >= 0.3 is 7.12 Å². The lowest BCUT2D eigenvalue weighted by Gasteiger charge is -2.24. The van der Waals surface area contributed by atoms with Gasteiger partial charge < -0.3 is 24.8 Å². The van der Waals surface area contributed by atoms with E-state index in [4.69, 9.17) is 9.47 Å². The van der Waals surface area contributed by atoms with E-state index in [1.54, 1.807) is 0 Å². The summed E-state index contributed by atoms with van der Waals surface area (Å²) in [7, 11) is -1.60. The second-order valence-corrected chi connectivity index (χ2v) is 7.03. The zero-order valence-corrected chi connectivity index (χ0v) is 13.4. The topological polar surface area (TPSA) is 88.0 Å². The monoisotopic (exact) mass is 331 g/mol. The highest BCUT2D eigenvalue weighted by atomic mass is 16.5. The fraction of sp³-hybridized carbons (Fsp3) is 0.588. The average molecular weight is 331 g/mol. The van der Waals surface area contributed by atoms with Crippen LogP contribution in [0.25, 0.3) is 0 Å². The Morgan fingerprint density at radius 3 is 2.88 bits per heavy atom. The predicted molar refractivity (Wildman–Crippen MR) is 87.4 cm³/mol. The summed E-state index contributed by atoms with van der Waals surface area (Å²) in [6.45, 7) is 0.496. The standard InChI is InChI=1S/C17H22BNO5/c20-17(13-8-11-5-6-15(13)24-11)19-16(18(21)22)7-10-9-23-14-4-2-1-3-12(10)14/h1-4,10-11,13,15-16,21-22H,5-9H2,(H,19,20)/t10-,11+,13+,15-,16?/m1/s1. The van der Waals surface area contributed by atoms with Crippen LogP contribution in [0.4, 0.5) is 0 Å². The third kappa shape index (κ3) is 2.92. The van der Waals surface area contributed by atoms with Crippen LogP contribution in [-0.4, -0.2) is 47.8 Å². The van der Waals surface area contributed by atoms with Crippen LogP contribution in [0.1, 0.15) is 37.2 Å². The fourth-order valence-corrected chi connectivity index (χ4v) is 4.19. The van der Waals surface area contributed by atoms with E-state index < -0.39 is 13.1 Å². The molecule has 3 aliphatic heterocycles. The molecule has 5 atom stereocenters. The molecule has 24 heavy (non-hydrogen) atoms. The van der Waals surface area contributed by atoms with E-state index in [1.807, 2.05) is 24.3 Å². The summed E-state index contributed by atoms with van der Waals surface area (Å²) in [6, 6.07) is 7.75. The van der Waals surface area contributed by atoms with Gasteiger partial charge in [-0.05, 0) is 31.7 Å². The van der Waals surface area contributed by atoms with Crippen molar-refractivity contribution in [2.75, 3.05) is 6.61 Å². The molecule has 128 valence electrons. The first-order valence-corrected chi connectivity index (χ1v) is 8.65. The zero-order chi connectivity index (χ0) is 16.7. The van der Waals surface area contributed by atoms with E-state index in [0.717, 1.165) is 30.6 Å². The minimum Gasteiger partial charge on any atom is -0.493 e. The van der Waals surface area contributed by atoms with Crippen LogP contribution in [0.5, 0.6) is 5.75 Å². The van der Waals surface area contributed by atoms with Crippen molar-refractivity contribution in [3.8, 4) is 5.75 Å². The highest BCUT2D eigenvalue weighted by Gasteiger charge is 2.45. The molecule has 1 aromatic rings. The largest absolute Gasteiger partial charge is 0.493 e. The molecule has 2 fully saturated rings. The number of fused-ring (bicyclic) bond motifs is 3. The summed E-state index contributed by atoms with van der Waals surface area (Å²) in [4.78, 5) is 12.5. The van der Waals surface area contributed by atoms with Crippen LogP contribution in [0.3, 0.4) is 0 Å². The lowest BCUT2D eigenvalue weighted by molar-refractivity contribution is -0.127. The van der Waals surface area contributed by atoms with Gasteiger partial charge in [-0.1, -0.05) is 18.2 Å². The summed E-state index contributed by atoms with van der Waals surface area (Å²) in [5, 5.41) is 22.3. The van der Waals surface area contributed by atoms with E-state index in [0.29, 0.717) is 13.0 Å². The van der Waals surface area contributed by atoms with Gasteiger partial charge in [0.25, 0.3) is 0 Å². The Balaban J connectivity index is 1.41. The van der Waals surface area contributed by atoms with Crippen molar-refractivity contribution < 1.29 is 24.3 Å². The maximum atomic E-state index is 12.5. The fourth-order valence-electron chi connectivity index (χ4n) is 4.19. The smallest absolute Gasteiger partial charge is 0.475 e. The molecule has 0 saturated carbocycles. The molecular formula is C17H22BNO5. The Hall–Kier alpha value is -1.57. The Bertz CT molecular complexity index is 625. The predicted octanol–water partition coefficient (Wildman–Crippen LogP) is 0.617. The molecule has 1 amide bonds. The van der Waals surface area contributed by atoms with Crippen LogP contribution in [0.15, 0.2) is 24.3 Å². The van der Waals surface area contributed by atoms with E-state index >= 15 is 0 Å². The van der Waals surface area contributed by atoms with Crippen molar-refractivity contribution in [2.45, 2.75) is 49.8 Å². The lowest BCUT2D eigenvalue weighted by atomic mass is 9.73. The van der Waals surface area contributed by atoms with Gasteiger partial charge in [-0.2, -0.15) is 0 Å². The first-order valence-electron chi connectivity index (χ1n) is 8.65. The van der Waals surface area contributed by atoms with Crippen molar-refractivity contribution in [2.24, 2.45) is 5.92 Å². The number of hydrogen-bond donors (Lipinski definition) is 3. The highest BCUT2D eigenvalue weighted by molar-refractivity contribution is 6.43. The van der Waals surface area contributed by atoms with E-state index in [9.17, 15) is 14.8 Å². The number of rotatable bonds is 5. The molecule has 6 nitrogen and oxygen atoms in total. The SMILES string of the molecule is O=C(NC(C[C@@H]1COc2ccccc21)B(O)O)[C@H]1C[C@@H]2CC[C@H]1O2. The number of hydrogen-bond acceptors (Lipinski definition) is 5. The number of para-hydroxylation sites is 1. The van der Waals surface area contributed by atoms with E-state index in [-0.39, 0.29) is 30.0 Å². The first-order chi connectivity index (χ1) is 11.6. The molecule has 0 aromatic heterocycles. The summed E-state index contributed by atoms with van der Waals surface area (Å²) in [5.74, 6) is -0.132. The van der Waals surface area contributed by atoms with Gasteiger partial charge in [0, 0.05) is 11.5 Å². The number of nitrogens with one attached hydrogen (secondary N) is 1. The minimum atomic E-state index is -1.60. The zero-order valence-electron chi connectivity index (χ0n) is 13.4. The van der Waals surface area contributed by atoms with Gasteiger partial charge in [0.1, 0.15) is 5.75 Å². The van der Waals surface area contributed by atoms with Crippen molar-refractivity contribution >= 4 is 13.0 Å². The summed E-state index contributed by atoms with van der Waals surface area (Å²) in [5.41, 5.74) is 1.06. The van der Waals surface area contributed by atoms with Gasteiger partial charge in [-0.25, -0.2) is 0 Å². The van der Waals surface area contributed by atoms with Crippen molar-refractivity contribution in [1.29, 1.82) is 0 Å². The highest BCUT2D eigenvalue weighted by Crippen LogP contribution is 2.39. The van der Waals surface area contributed by atoms with Crippen LogP contribution in [0.2, 0.25) is 0 Å². The third-order valence-electron chi connectivity index (χ3n) is 5.47. The molecule has 2 bridgehead atoms. The van der Waals surface area contributed by atoms with Gasteiger partial charge in [0.15, 0.2) is 0 Å². The third-order valence-corrected chi connectivity index (χ3v) is 5.47. The summed E-state index contributed by atoms with van der Waals surface area (Å²) < 4.78 is 11.4. The Morgan fingerprint density at radius 1 is 1.33 bits per heavy atom. The van der Waals surface area contributed by atoms with Crippen molar-refractivity contribution in [3.63, 3.8) is 0 Å². The maximum Gasteiger partial charge on any atom is 0.475 e. The van der Waals surface area contributed by atoms with Crippen LogP contribution in [-0.2, 0) is 9.53 Å². The molecule has 0 spiro atoms. The maximum absolute atomic E-state index is 12.5. The van der Waals surface area contributed by atoms with Gasteiger partial charge in [-0.15, -0.1) is 0 Å². The molecular weight excluding hydrogens is 309 g/mol. The number of carbonyl (C=O) groups is 1. The molecule has 0 radical (unpaired) electrons. The number of benzene rings is 1. The summed E-state index contributed by atoms with van der Waals surface area (Å²) >= 11 is 0. The second-order valence-electron chi connectivity index (χ2n) is 7.03. The van der Waals surface area contributed by atoms with Crippen LogP contribution < -0.4 is 10.1 Å². The summed E-state index contributed by atoms with van der Waals surface area (Å²) in [6.07, 6.45) is 3.29. The molecule has 3 N–H and O–H groups in total. The van der Waals surface area contributed by atoms with Gasteiger partial charge in [-0.3, -0.25) is 4.79 Å². The second kappa shape index (κ2) is 6.39. The van der Waals surface area contributed by atoms with Crippen LogP contribution >= 0.6 is 0 Å². The molecule has 2 saturated heterocycles. The molecule has 1 unspecified atom stereocenters. The molecule has 3 heterocycles. The first kappa shape index (κ1) is 15.9. The molecule has 4 rings (SSSR count). The molecule has 3 aliphatic rings. The van der Waals surface area contributed by atoms with Crippen LogP contribution in [0, 0.1) is 5.92 Å².